The van der Waals surface area contributed by atoms with Crippen LogP contribution in [0, 0.1) is 11.6 Å². The first-order chi connectivity index (χ1) is 13.0. The Morgan fingerprint density at radius 3 is 2.96 bits per heavy atom. The van der Waals surface area contributed by atoms with Gasteiger partial charge in [-0.05, 0) is 35.7 Å². The molecule has 2 aromatic rings. The number of benzene rings is 1. The van der Waals surface area contributed by atoms with Gasteiger partial charge in [0.15, 0.2) is 11.6 Å². The van der Waals surface area contributed by atoms with E-state index in [4.69, 9.17) is 0 Å². The standard InChI is InChI=1S/C19H16F2N4O2/c20-14-1-2-15-13(18(14)21)8-24(19(27)23-15)9-17(26)25-7-10-5-16(25)12-6-22-4-3-11(10)12/h1-4,6,10,16H,5,7-9H2,(H,23,27)/t10-,16-/m1/s1. The summed E-state index contributed by atoms with van der Waals surface area (Å²) < 4.78 is 27.5. The zero-order valence-electron chi connectivity index (χ0n) is 14.3. The minimum atomic E-state index is -0.995. The Bertz CT molecular complexity index is 980. The molecule has 2 aliphatic heterocycles. The van der Waals surface area contributed by atoms with Crippen molar-refractivity contribution in [2.24, 2.45) is 0 Å². The molecule has 5 rings (SSSR count). The largest absolute Gasteiger partial charge is 0.333 e. The van der Waals surface area contributed by atoms with Gasteiger partial charge < -0.3 is 15.1 Å². The molecule has 1 aliphatic carbocycles. The number of carbonyl (C=O) groups is 2. The smallest absolute Gasteiger partial charge is 0.322 e. The van der Waals surface area contributed by atoms with E-state index >= 15 is 0 Å². The number of nitrogens with zero attached hydrogens (tertiary/aromatic N) is 3. The molecule has 0 saturated carbocycles. The lowest BCUT2D eigenvalue weighted by molar-refractivity contribution is -0.133. The van der Waals surface area contributed by atoms with E-state index in [1.54, 1.807) is 17.3 Å². The number of anilines is 1. The molecule has 8 heteroatoms. The number of likely N-dealkylation sites (tertiary alicyclic amines) is 1. The second-order valence-corrected chi connectivity index (χ2v) is 7.17. The molecule has 0 unspecified atom stereocenters. The predicted molar refractivity (Wildman–Crippen MR) is 91.8 cm³/mol. The highest BCUT2D eigenvalue weighted by Gasteiger charge is 2.45. The van der Waals surface area contributed by atoms with Gasteiger partial charge in [0.1, 0.15) is 6.54 Å². The Labute approximate surface area is 153 Å². The summed E-state index contributed by atoms with van der Waals surface area (Å²) in [7, 11) is 0. The van der Waals surface area contributed by atoms with Gasteiger partial charge in [-0.1, -0.05) is 0 Å². The third-order valence-corrected chi connectivity index (χ3v) is 5.71. The van der Waals surface area contributed by atoms with Crippen LogP contribution in [0.3, 0.4) is 0 Å². The average Bonchev–Trinajstić information content (AvgIpc) is 3.26. The molecular formula is C19H16F2N4O2. The minimum absolute atomic E-state index is 0.0273. The topological polar surface area (TPSA) is 65.5 Å². The fourth-order valence-corrected chi connectivity index (χ4v) is 4.40. The van der Waals surface area contributed by atoms with Crippen molar-refractivity contribution >= 4 is 17.6 Å². The highest BCUT2D eigenvalue weighted by molar-refractivity contribution is 5.95. The van der Waals surface area contributed by atoms with E-state index in [1.807, 2.05) is 6.07 Å². The Kier molecular flexibility index (Phi) is 3.43. The van der Waals surface area contributed by atoms with Gasteiger partial charge in [-0.15, -0.1) is 0 Å². The molecule has 3 aliphatic rings. The van der Waals surface area contributed by atoms with E-state index in [2.05, 4.69) is 10.3 Å². The number of amides is 3. The lowest BCUT2D eigenvalue weighted by Gasteiger charge is -2.33. The van der Waals surface area contributed by atoms with Gasteiger partial charge in [-0.3, -0.25) is 9.78 Å². The van der Waals surface area contributed by atoms with E-state index in [0.29, 0.717) is 12.5 Å². The molecule has 138 valence electrons. The molecule has 0 radical (unpaired) electrons. The number of halogens is 2. The summed E-state index contributed by atoms with van der Waals surface area (Å²) in [6.07, 6.45) is 4.41. The molecule has 27 heavy (non-hydrogen) atoms. The Morgan fingerprint density at radius 1 is 1.26 bits per heavy atom. The van der Waals surface area contributed by atoms with E-state index in [9.17, 15) is 18.4 Å². The number of urea groups is 1. The molecule has 1 aromatic heterocycles. The van der Waals surface area contributed by atoms with E-state index in [1.165, 1.54) is 16.5 Å². The first kappa shape index (κ1) is 16.2. The first-order valence-electron chi connectivity index (χ1n) is 8.79. The molecule has 1 aromatic carbocycles. The Balaban J connectivity index is 1.35. The van der Waals surface area contributed by atoms with Crippen LogP contribution in [0.1, 0.15) is 35.1 Å². The van der Waals surface area contributed by atoms with Gasteiger partial charge in [-0.25, -0.2) is 13.6 Å². The summed E-state index contributed by atoms with van der Waals surface area (Å²) in [5.41, 5.74) is 2.59. The summed E-state index contributed by atoms with van der Waals surface area (Å²) in [5, 5.41) is 2.52. The number of hydrogen-bond donors (Lipinski definition) is 1. The maximum absolute atomic E-state index is 14.1. The lowest BCUT2D eigenvalue weighted by atomic mass is 10.0. The lowest BCUT2D eigenvalue weighted by Crippen LogP contribution is -2.46. The van der Waals surface area contributed by atoms with Crippen LogP contribution < -0.4 is 5.32 Å². The number of nitrogens with one attached hydrogen (secondary N) is 1. The Hall–Kier alpha value is -3.03. The molecule has 1 N–H and O–H groups in total. The Morgan fingerprint density at radius 2 is 2.11 bits per heavy atom. The number of hydrogen-bond acceptors (Lipinski definition) is 3. The molecule has 2 bridgehead atoms. The first-order valence-corrected chi connectivity index (χ1v) is 8.79. The zero-order valence-corrected chi connectivity index (χ0v) is 14.3. The number of rotatable bonds is 2. The van der Waals surface area contributed by atoms with Crippen molar-refractivity contribution in [1.82, 2.24) is 14.8 Å². The molecule has 0 spiro atoms. The number of aromatic nitrogens is 1. The summed E-state index contributed by atoms with van der Waals surface area (Å²) >= 11 is 0. The fraction of sp³-hybridized carbons (Fsp3) is 0.316. The van der Waals surface area contributed by atoms with Crippen molar-refractivity contribution < 1.29 is 18.4 Å². The van der Waals surface area contributed by atoms with Crippen molar-refractivity contribution in [3.8, 4) is 0 Å². The maximum atomic E-state index is 14.1. The zero-order chi connectivity index (χ0) is 18.7. The summed E-state index contributed by atoms with van der Waals surface area (Å²) in [6, 6.07) is 3.78. The van der Waals surface area contributed by atoms with Crippen molar-refractivity contribution in [3.05, 3.63) is 58.9 Å². The van der Waals surface area contributed by atoms with Crippen LogP contribution in [0.2, 0.25) is 0 Å². The highest BCUT2D eigenvalue weighted by Crippen LogP contribution is 2.49. The van der Waals surface area contributed by atoms with Gasteiger partial charge in [0.2, 0.25) is 5.91 Å². The third kappa shape index (κ3) is 2.39. The summed E-state index contributed by atoms with van der Waals surface area (Å²) in [6.45, 7) is 0.284. The highest BCUT2D eigenvalue weighted by atomic mass is 19.2. The number of carbonyl (C=O) groups excluding carboxylic acids is 2. The van der Waals surface area contributed by atoms with Crippen LogP contribution in [0.5, 0.6) is 0 Å². The van der Waals surface area contributed by atoms with Gasteiger partial charge in [0.25, 0.3) is 0 Å². The predicted octanol–water partition coefficient (Wildman–Crippen LogP) is 2.78. The van der Waals surface area contributed by atoms with Crippen LogP contribution in [-0.4, -0.2) is 39.8 Å². The normalized spacial score (nSPS) is 22.5. The van der Waals surface area contributed by atoms with Crippen molar-refractivity contribution in [2.45, 2.75) is 24.9 Å². The summed E-state index contributed by atoms with van der Waals surface area (Å²) in [5.74, 6) is -1.88. The second-order valence-electron chi connectivity index (χ2n) is 7.17. The number of fused-ring (bicyclic) bond motifs is 6. The SMILES string of the molecule is O=C1Nc2ccc(F)c(F)c2CN1CC(=O)N1C[C@H]2C[C@@H]1c1cnccc12. The second kappa shape index (κ2) is 5.73. The van der Waals surface area contributed by atoms with Gasteiger partial charge in [0.05, 0.1) is 18.3 Å². The molecule has 6 nitrogen and oxygen atoms in total. The monoisotopic (exact) mass is 370 g/mol. The third-order valence-electron chi connectivity index (χ3n) is 5.71. The van der Waals surface area contributed by atoms with Crippen LogP contribution in [0.25, 0.3) is 0 Å². The molecule has 1 saturated heterocycles. The molecule has 1 fully saturated rings. The van der Waals surface area contributed by atoms with Crippen LogP contribution in [0.15, 0.2) is 30.6 Å². The van der Waals surface area contributed by atoms with Crippen LogP contribution >= 0.6 is 0 Å². The van der Waals surface area contributed by atoms with E-state index in [0.717, 1.165) is 18.1 Å². The number of pyridine rings is 1. The minimum Gasteiger partial charge on any atom is -0.333 e. The van der Waals surface area contributed by atoms with Crippen LogP contribution in [-0.2, 0) is 11.3 Å². The van der Waals surface area contributed by atoms with E-state index < -0.39 is 17.7 Å². The molecule has 3 amide bonds. The summed E-state index contributed by atoms with van der Waals surface area (Å²) in [4.78, 5) is 32.2. The molecule has 2 atom stereocenters. The quantitative estimate of drug-likeness (QED) is 0.884. The average molecular weight is 370 g/mol. The van der Waals surface area contributed by atoms with E-state index in [-0.39, 0.29) is 36.3 Å². The maximum Gasteiger partial charge on any atom is 0.322 e. The van der Waals surface area contributed by atoms with Crippen LogP contribution in [0.4, 0.5) is 19.3 Å². The van der Waals surface area contributed by atoms with Crippen molar-refractivity contribution in [1.29, 1.82) is 0 Å². The molecular weight excluding hydrogens is 354 g/mol. The van der Waals surface area contributed by atoms with Gasteiger partial charge >= 0.3 is 6.03 Å². The molecule has 3 heterocycles. The van der Waals surface area contributed by atoms with Gasteiger partial charge in [-0.2, -0.15) is 0 Å². The van der Waals surface area contributed by atoms with Crippen molar-refractivity contribution in [2.75, 3.05) is 18.4 Å². The fourth-order valence-electron chi connectivity index (χ4n) is 4.40. The van der Waals surface area contributed by atoms with Crippen molar-refractivity contribution in [3.63, 3.8) is 0 Å². The van der Waals surface area contributed by atoms with Gasteiger partial charge in [0, 0.05) is 30.4 Å².